The van der Waals surface area contributed by atoms with Crippen molar-refractivity contribution in [3.8, 4) is 0 Å². The summed E-state index contributed by atoms with van der Waals surface area (Å²) in [6.07, 6.45) is 5.58. The first-order valence-corrected chi connectivity index (χ1v) is 5.50. The van der Waals surface area contributed by atoms with Gasteiger partial charge in [0.05, 0.1) is 12.4 Å². The molecule has 0 amide bonds. The zero-order chi connectivity index (χ0) is 11.8. The Bertz CT molecular complexity index is 313. The number of nitrogens with two attached hydrogens (primary N) is 1. The van der Waals surface area contributed by atoms with Crippen molar-refractivity contribution in [2.75, 3.05) is 13.2 Å². The molecule has 0 aliphatic heterocycles. The van der Waals surface area contributed by atoms with Crippen LogP contribution >= 0.6 is 0 Å². The minimum Gasteiger partial charge on any atom is -0.387 e. The van der Waals surface area contributed by atoms with Crippen LogP contribution in [0.25, 0.3) is 0 Å². The van der Waals surface area contributed by atoms with Crippen molar-refractivity contribution in [2.45, 2.75) is 19.8 Å². The van der Waals surface area contributed by atoms with E-state index in [2.05, 4.69) is 4.98 Å². The molecule has 0 aliphatic carbocycles. The fraction of sp³-hybridized carbons (Fsp3) is 0.500. The highest BCUT2D eigenvalue weighted by Gasteiger charge is 2.04. The molecule has 0 bridgehead atoms. The van der Waals surface area contributed by atoms with Gasteiger partial charge in [-0.15, -0.1) is 0 Å². The van der Waals surface area contributed by atoms with Crippen molar-refractivity contribution in [3.63, 3.8) is 0 Å². The first kappa shape index (κ1) is 12.6. The average molecular weight is 221 g/mol. The summed E-state index contributed by atoms with van der Waals surface area (Å²) in [7, 11) is 0. The van der Waals surface area contributed by atoms with E-state index in [1.807, 2.05) is 19.1 Å². The molecule has 16 heavy (non-hydrogen) atoms. The largest absolute Gasteiger partial charge is 0.387 e. The molecule has 0 fully saturated rings. The van der Waals surface area contributed by atoms with Gasteiger partial charge in [-0.3, -0.25) is 10.4 Å². The quantitative estimate of drug-likeness (QED) is 0.417. The summed E-state index contributed by atoms with van der Waals surface area (Å²) in [6.45, 7) is 3.14. The van der Waals surface area contributed by atoms with E-state index in [1.54, 1.807) is 12.4 Å². The van der Waals surface area contributed by atoms with Gasteiger partial charge in [0.15, 0.2) is 0 Å². The fourth-order valence-electron chi connectivity index (χ4n) is 1.28. The van der Waals surface area contributed by atoms with Crippen LogP contribution in [0.4, 0.5) is 0 Å². The predicted molar refractivity (Wildman–Crippen MR) is 64.5 cm³/mol. The molecule has 1 atom stereocenters. The molecule has 4 heteroatoms. The number of aromatic nitrogens is 1. The lowest BCUT2D eigenvalue weighted by molar-refractivity contribution is 0.118. The smallest absolute Gasteiger partial charge is 0.0957 e. The number of hydrogen-bond acceptors (Lipinski definition) is 3. The summed E-state index contributed by atoms with van der Waals surface area (Å²) < 4.78 is 5.44. The van der Waals surface area contributed by atoms with Gasteiger partial charge in [0.1, 0.15) is 0 Å². The van der Waals surface area contributed by atoms with E-state index in [1.165, 1.54) is 5.56 Å². The van der Waals surface area contributed by atoms with Crippen molar-refractivity contribution in [1.29, 1.82) is 5.41 Å². The van der Waals surface area contributed by atoms with Crippen molar-refractivity contribution in [1.82, 2.24) is 4.98 Å². The second-order valence-electron chi connectivity index (χ2n) is 3.89. The van der Waals surface area contributed by atoms with E-state index in [-0.39, 0.29) is 11.8 Å². The number of nitrogens with one attached hydrogen (secondary N) is 1. The summed E-state index contributed by atoms with van der Waals surface area (Å²) in [5, 5.41) is 7.21. The minimum atomic E-state index is 0.0147. The summed E-state index contributed by atoms with van der Waals surface area (Å²) in [5.41, 5.74) is 6.61. The number of nitrogens with zero attached hydrogens (tertiary/aromatic N) is 1. The molecule has 4 nitrogen and oxygen atoms in total. The Morgan fingerprint density at radius 3 is 2.81 bits per heavy atom. The molecule has 0 aromatic carbocycles. The minimum absolute atomic E-state index is 0.0147. The third-order valence-electron chi connectivity index (χ3n) is 2.40. The highest BCUT2D eigenvalue weighted by atomic mass is 16.5. The molecule has 88 valence electrons. The molecule has 0 spiro atoms. The molecule has 0 saturated carbocycles. The van der Waals surface area contributed by atoms with Gasteiger partial charge in [-0.25, -0.2) is 0 Å². The topological polar surface area (TPSA) is 72.0 Å². The zero-order valence-electron chi connectivity index (χ0n) is 9.65. The Morgan fingerprint density at radius 2 is 2.19 bits per heavy atom. The molecule has 1 unspecified atom stereocenters. The maximum atomic E-state index is 7.21. The Balaban J connectivity index is 2.07. The molecule has 0 saturated heterocycles. The number of amidine groups is 1. The molecule has 1 aromatic rings. The first-order valence-electron chi connectivity index (χ1n) is 5.50. The monoisotopic (exact) mass is 221 g/mol. The number of pyridine rings is 1. The van der Waals surface area contributed by atoms with E-state index in [0.717, 1.165) is 12.8 Å². The van der Waals surface area contributed by atoms with Crippen molar-refractivity contribution in [2.24, 2.45) is 11.7 Å². The van der Waals surface area contributed by atoms with Crippen molar-refractivity contribution < 1.29 is 4.74 Å². The average Bonchev–Trinajstić information content (AvgIpc) is 2.29. The highest BCUT2D eigenvalue weighted by Crippen LogP contribution is 2.02. The van der Waals surface area contributed by atoms with Crippen LogP contribution in [0.5, 0.6) is 0 Å². The lowest BCUT2D eigenvalue weighted by Gasteiger charge is -2.09. The lowest BCUT2D eigenvalue weighted by atomic mass is 10.1. The van der Waals surface area contributed by atoms with E-state index in [4.69, 9.17) is 15.9 Å². The van der Waals surface area contributed by atoms with Crippen LogP contribution < -0.4 is 5.73 Å². The number of ether oxygens (including phenoxy) is 1. The predicted octanol–water partition coefficient (Wildman–Crippen LogP) is 1.60. The van der Waals surface area contributed by atoms with Crippen molar-refractivity contribution >= 4 is 5.84 Å². The SMILES string of the molecule is CC(COCCCc1ccncc1)C(=N)N. The van der Waals surface area contributed by atoms with Crippen LogP contribution in [-0.2, 0) is 11.2 Å². The van der Waals surface area contributed by atoms with Crippen LogP contribution in [-0.4, -0.2) is 24.0 Å². The molecule has 3 N–H and O–H groups in total. The second kappa shape index (κ2) is 6.95. The third kappa shape index (κ3) is 4.89. The number of rotatable bonds is 7. The Labute approximate surface area is 96.3 Å². The Morgan fingerprint density at radius 1 is 1.50 bits per heavy atom. The van der Waals surface area contributed by atoms with E-state index in [0.29, 0.717) is 13.2 Å². The summed E-state index contributed by atoms with van der Waals surface area (Å²) >= 11 is 0. The van der Waals surface area contributed by atoms with Gasteiger partial charge >= 0.3 is 0 Å². The van der Waals surface area contributed by atoms with Gasteiger partial charge in [0.25, 0.3) is 0 Å². The maximum absolute atomic E-state index is 7.21. The molecule has 1 heterocycles. The number of hydrogen-bond donors (Lipinski definition) is 2. The summed E-state index contributed by atoms with van der Waals surface area (Å²) in [6, 6.07) is 4.02. The van der Waals surface area contributed by atoms with Gasteiger partial charge in [-0.05, 0) is 30.5 Å². The van der Waals surface area contributed by atoms with Crippen LogP contribution in [0.3, 0.4) is 0 Å². The number of aryl methyl sites for hydroxylation is 1. The third-order valence-corrected chi connectivity index (χ3v) is 2.40. The molecular weight excluding hydrogens is 202 g/mol. The maximum Gasteiger partial charge on any atom is 0.0957 e. The second-order valence-corrected chi connectivity index (χ2v) is 3.89. The van der Waals surface area contributed by atoms with Crippen LogP contribution in [0.2, 0.25) is 0 Å². The van der Waals surface area contributed by atoms with Crippen molar-refractivity contribution in [3.05, 3.63) is 30.1 Å². The Hall–Kier alpha value is -1.42. The molecule has 0 radical (unpaired) electrons. The fourth-order valence-corrected chi connectivity index (χ4v) is 1.28. The van der Waals surface area contributed by atoms with Crippen LogP contribution in [0.15, 0.2) is 24.5 Å². The summed E-state index contributed by atoms with van der Waals surface area (Å²) in [5.74, 6) is 0.204. The normalized spacial score (nSPS) is 12.3. The molecule has 1 aromatic heterocycles. The van der Waals surface area contributed by atoms with Gasteiger partial charge in [-0.1, -0.05) is 6.92 Å². The van der Waals surface area contributed by atoms with Gasteiger partial charge in [-0.2, -0.15) is 0 Å². The van der Waals surface area contributed by atoms with E-state index >= 15 is 0 Å². The zero-order valence-corrected chi connectivity index (χ0v) is 9.65. The lowest BCUT2D eigenvalue weighted by Crippen LogP contribution is -2.24. The van der Waals surface area contributed by atoms with Crippen LogP contribution in [0, 0.1) is 11.3 Å². The van der Waals surface area contributed by atoms with Gasteiger partial charge < -0.3 is 10.5 Å². The Kier molecular flexibility index (Phi) is 5.50. The van der Waals surface area contributed by atoms with E-state index < -0.39 is 0 Å². The van der Waals surface area contributed by atoms with Crippen LogP contribution in [0.1, 0.15) is 18.9 Å². The van der Waals surface area contributed by atoms with Gasteiger partial charge in [0.2, 0.25) is 0 Å². The summed E-state index contributed by atoms with van der Waals surface area (Å²) in [4.78, 5) is 3.96. The van der Waals surface area contributed by atoms with Gasteiger partial charge in [0, 0.05) is 24.9 Å². The van der Waals surface area contributed by atoms with E-state index in [9.17, 15) is 0 Å². The highest BCUT2D eigenvalue weighted by molar-refractivity contribution is 5.79. The molecule has 0 aliphatic rings. The molecule has 1 rings (SSSR count). The first-order chi connectivity index (χ1) is 7.70. The standard InChI is InChI=1S/C12H19N3O/c1-10(12(13)14)9-16-8-2-3-11-4-6-15-7-5-11/h4-7,10H,2-3,8-9H2,1H3,(H3,13,14). The molecular formula is C12H19N3O.